The Labute approximate surface area is 216 Å². The number of H-pyrrole nitrogens is 1. The molecule has 1 aliphatic rings. The van der Waals surface area contributed by atoms with Crippen molar-refractivity contribution in [3.8, 4) is 28.5 Å². The number of benzene rings is 2. The second-order valence-corrected chi connectivity index (χ2v) is 9.11. The van der Waals surface area contributed by atoms with Gasteiger partial charge in [0, 0.05) is 33.6 Å². The van der Waals surface area contributed by atoms with Gasteiger partial charge in [-0.2, -0.15) is 9.65 Å². The molecule has 0 saturated carbocycles. The Bertz CT molecular complexity index is 1630. The monoisotopic (exact) mass is 516 g/mol. The zero-order chi connectivity index (χ0) is 26.3. The number of nitrogens with two attached hydrogens (primary N) is 3. The van der Waals surface area contributed by atoms with Gasteiger partial charge < -0.3 is 21.0 Å². The van der Waals surface area contributed by atoms with Crippen LogP contribution < -0.4 is 27.9 Å². The van der Waals surface area contributed by atoms with E-state index in [1.807, 2.05) is 12.1 Å². The molecular weight excluding hydrogens is 495 g/mol. The van der Waals surface area contributed by atoms with Crippen molar-refractivity contribution in [3.05, 3.63) is 99.3 Å². The highest BCUT2D eigenvalue weighted by Crippen LogP contribution is 2.36. The highest BCUT2D eigenvalue weighted by molar-refractivity contribution is 6.31. The maximum absolute atomic E-state index is 14.8. The van der Waals surface area contributed by atoms with E-state index < -0.39 is 12.0 Å². The molecule has 186 valence electrons. The number of halogens is 2. The molecule has 37 heavy (non-hydrogen) atoms. The number of imidazole rings is 1. The van der Waals surface area contributed by atoms with Crippen molar-refractivity contribution >= 4 is 23.0 Å². The van der Waals surface area contributed by atoms with E-state index in [0.717, 1.165) is 5.69 Å². The third-order valence-corrected chi connectivity index (χ3v) is 6.50. The molecule has 2 aromatic carbocycles. The van der Waals surface area contributed by atoms with Crippen LogP contribution in [-0.4, -0.2) is 14.5 Å². The van der Waals surface area contributed by atoms with Gasteiger partial charge in [0.1, 0.15) is 23.3 Å². The summed E-state index contributed by atoms with van der Waals surface area (Å²) in [6, 6.07) is 16.5. The van der Waals surface area contributed by atoms with Gasteiger partial charge in [-0.15, -0.1) is 0 Å². The third kappa shape index (κ3) is 4.53. The number of pyridine rings is 1. The number of nitrogens with zero attached hydrogens (tertiary/aromatic N) is 4. The Kier molecular flexibility index (Phi) is 6.17. The van der Waals surface area contributed by atoms with Crippen LogP contribution in [0.25, 0.3) is 22.4 Å². The number of aromatic amines is 1. The van der Waals surface area contributed by atoms with Crippen LogP contribution in [-0.2, 0) is 6.42 Å². The molecule has 3 heterocycles. The molecule has 0 bridgehead atoms. The van der Waals surface area contributed by atoms with E-state index in [4.69, 9.17) is 34.2 Å². The van der Waals surface area contributed by atoms with E-state index in [1.165, 1.54) is 17.3 Å². The predicted octanol–water partition coefficient (Wildman–Crippen LogP) is 3.82. The van der Waals surface area contributed by atoms with Gasteiger partial charge in [0.15, 0.2) is 0 Å². The number of aryl methyl sites for hydroxylation is 1. The van der Waals surface area contributed by atoms with Crippen LogP contribution >= 0.6 is 11.6 Å². The average Bonchev–Trinajstić information content (AvgIpc) is 3.48. The van der Waals surface area contributed by atoms with E-state index in [-0.39, 0.29) is 17.0 Å². The van der Waals surface area contributed by atoms with Crippen LogP contribution in [0.1, 0.15) is 24.0 Å². The summed E-state index contributed by atoms with van der Waals surface area (Å²) >= 11 is 6.25. The van der Waals surface area contributed by atoms with Crippen molar-refractivity contribution in [1.29, 1.82) is 5.26 Å². The molecule has 11 heteroatoms. The lowest BCUT2D eigenvalue weighted by Crippen LogP contribution is -2.27. The van der Waals surface area contributed by atoms with Gasteiger partial charge in [0.2, 0.25) is 5.95 Å². The standard InChI is InChI=1S/C26H22ClFN8O/c27-16-3-7-21(35(32)13-18(31)12-29)20(11-16)15-9-19-6-8-22(36(19)23(37)10-15)26-33-24(25(28)34-26)14-1-4-17(30)5-2-14/h1-5,7,9-11,13,22H,6,8,30-32H2,(H,33,34)/b18-13-. The van der Waals surface area contributed by atoms with Crippen LogP contribution in [0.4, 0.5) is 15.8 Å². The molecule has 1 atom stereocenters. The molecule has 0 amide bonds. The highest BCUT2D eigenvalue weighted by atomic mass is 35.5. The van der Waals surface area contributed by atoms with Crippen LogP contribution in [0.15, 0.2) is 71.3 Å². The minimum atomic E-state index is -0.575. The fourth-order valence-corrected chi connectivity index (χ4v) is 4.75. The summed E-state index contributed by atoms with van der Waals surface area (Å²) in [5.41, 5.74) is 14.8. The SMILES string of the molecule is N#C/C(N)=C/N(N)c1ccc(Cl)cc1-c1cc2n(c(=O)c1)C(c1nc(-c3ccc(N)cc3)c(F)[nH]1)CC2. The van der Waals surface area contributed by atoms with Gasteiger partial charge in [0.25, 0.3) is 5.56 Å². The van der Waals surface area contributed by atoms with Crippen molar-refractivity contribution in [2.24, 2.45) is 11.6 Å². The van der Waals surface area contributed by atoms with Crippen LogP contribution in [0.2, 0.25) is 5.02 Å². The highest BCUT2D eigenvalue weighted by Gasteiger charge is 2.29. The van der Waals surface area contributed by atoms with Crippen LogP contribution in [0.5, 0.6) is 0 Å². The molecule has 0 spiro atoms. The normalized spacial score (nSPS) is 14.9. The quantitative estimate of drug-likeness (QED) is 0.136. The number of rotatable bonds is 5. The molecule has 0 saturated heterocycles. The topological polar surface area (TPSA) is 156 Å². The number of hydrogen-bond acceptors (Lipinski definition) is 7. The molecule has 4 aromatic rings. The largest absolute Gasteiger partial charge is 0.399 e. The molecule has 0 radical (unpaired) electrons. The zero-order valence-corrected chi connectivity index (χ0v) is 20.2. The minimum absolute atomic E-state index is 0.0794. The number of anilines is 2. The molecular formula is C26H22ClFN8O. The van der Waals surface area contributed by atoms with Crippen molar-refractivity contribution < 1.29 is 4.39 Å². The molecule has 1 aliphatic heterocycles. The number of hydrazine groups is 1. The third-order valence-electron chi connectivity index (χ3n) is 6.27. The maximum Gasteiger partial charge on any atom is 0.252 e. The van der Waals surface area contributed by atoms with Gasteiger partial charge in [-0.1, -0.05) is 23.7 Å². The smallest absolute Gasteiger partial charge is 0.252 e. The second-order valence-electron chi connectivity index (χ2n) is 8.67. The number of hydrogen-bond donors (Lipinski definition) is 4. The number of allylic oxidation sites excluding steroid dienone is 1. The Balaban J connectivity index is 1.54. The predicted molar refractivity (Wildman–Crippen MR) is 141 cm³/mol. The van der Waals surface area contributed by atoms with E-state index >= 15 is 0 Å². The summed E-state index contributed by atoms with van der Waals surface area (Å²) in [5, 5.41) is 10.6. The number of nitrogens with one attached hydrogen (secondary N) is 1. The minimum Gasteiger partial charge on any atom is -0.399 e. The first-order valence-corrected chi connectivity index (χ1v) is 11.7. The summed E-state index contributed by atoms with van der Waals surface area (Å²) in [7, 11) is 0. The Hall–Kier alpha value is -4.59. The first kappa shape index (κ1) is 24.1. The van der Waals surface area contributed by atoms with Gasteiger partial charge in [0.05, 0.1) is 17.9 Å². The van der Waals surface area contributed by atoms with Crippen molar-refractivity contribution in [2.45, 2.75) is 18.9 Å². The molecule has 5 rings (SSSR count). The first-order chi connectivity index (χ1) is 17.7. The summed E-state index contributed by atoms with van der Waals surface area (Å²) in [4.78, 5) is 20.5. The van der Waals surface area contributed by atoms with Gasteiger partial charge in [-0.3, -0.25) is 9.80 Å². The van der Waals surface area contributed by atoms with E-state index in [2.05, 4.69) is 9.97 Å². The summed E-state index contributed by atoms with van der Waals surface area (Å²) in [6.07, 6.45) is 2.43. The van der Waals surface area contributed by atoms with Crippen molar-refractivity contribution in [2.75, 3.05) is 10.7 Å². The number of nitriles is 1. The lowest BCUT2D eigenvalue weighted by atomic mass is 10.0. The number of nitrogen functional groups attached to an aromatic ring is 1. The molecule has 0 fully saturated rings. The van der Waals surface area contributed by atoms with E-state index in [9.17, 15) is 9.18 Å². The van der Waals surface area contributed by atoms with Crippen molar-refractivity contribution in [3.63, 3.8) is 0 Å². The fraction of sp³-hybridized carbons (Fsp3) is 0.115. The van der Waals surface area contributed by atoms with Crippen LogP contribution in [0.3, 0.4) is 0 Å². The maximum atomic E-state index is 14.8. The van der Waals surface area contributed by atoms with Crippen LogP contribution in [0, 0.1) is 17.3 Å². The molecule has 7 N–H and O–H groups in total. The lowest BCUT2D eigenvalue weighted by molar-refractivity contribution is 0.548. The zero-order valence-electron chi connectivity index (χ0n) is 19.5. The number of aromatic nitrogens is 3. The lowest BCUT2D eigenvalue weighted by Gasteiger charge is -2.19. The number of fused-ring (bicyclic) bond motifs is 1. The summed E-state index contributed by atoms with van der Waals surface area (Å²) < 4.78 is 16.4. The Morgan fingerprint density at radius 3 is 2.70 bits per heavy atom. The van der Waals surface area contributed by atoms with E-state index in [1.54, 1.807) is 47.0 Å². The van der Waals surface area contributed by atoms with Gasteiger partial charge in [-0.25, -0.2) is 10.8 Å². The molecule has 1 unspecified atom stereocenters. The second kappa shape index (κ2) is 9.46. The Morgan fingerprint density at radius 1 is 1.22 bits per heavy atom. The Morgan fingerprint density at radius 2 is 1.97 bits per heavy atom. The first-order valence-electron chi connectivity index (χ1n) is 11.3. The molecule has 0 aliphatic carbocycles. The molecule has 2 aromatic heterocycles. The summed E-state index contributed by atoms with van der Waals surface area (Å²) in [5.74, 6) is 5.92. The van der Waals surface area contributed by atoms with Gasteiger partial charge in [-0.05, 0) is 54.8 Å². The fourth-order valence-electron chi connectivity index (χ4n) is 4.58. The van der Waals surface area contributed by atoms with E-state index in [0.29, 0.717) is 51.8 Å². The van der Waals surface area contributed by atoms with Crippen molar-refractivity contribution in [1.82, 2.24) is 14.5 Å². The van der Waals surface area contributed by atoms with Gasteiger partial charge >= 0.3 is 0 Å². The molecule has 9 nitrogen and oxygen atoms in total. The summed E-state index contributed by atoms with van der Waals surface area (Å²) in [6.45, 7) is 0. The average molecular weight is 517 g/mol.